The van der Waals surface area contributed by atoms with Crippen molar-refractivity contribution in [2.75, 3.05) is 36.4 Å². The van der Waals surface area contributed by atoms with E-state index in [0.717, 1.165) is 99.3 Å². The number of likely N-dealkylation sites (tertiary alicyclic amines) is 1. The number of piperidine rings is 1. The van der Waals surface area contributed by atoms with Crippen LogP contribution in [0.15, 0.2) is 67.0 Å². The van der Waals surface area contributed by atoms with Crippen LogP contribution in [0.5, 0.6) is 0 Å². The van der Waals surface area contributed by atoms with Gasteiger partial charge in [-0.05, 0) is 112 Å². The van der Waals surface area contributed by atoms with Gasteiger partial charge in [0.05, 0.1) is 22.9 Å². The van der Waals surface area contributed by atoms with Gasteiger partial charge in [0.25, 0.3) is 0 Å². The Morgan fingerprint density at radius 3 is 2.48 bits per heavy atom. The Morgan fingerprint density at radius 2 is 1.70 bits per heavy atom. The predicted octanol–water partition coefficient (Wildman–Crippen LogP) is 8.21. The van der Waals surface area contributed by atoms with Crippen LogP contribution in [0.25, 0.3) is 10.8 Å². The molecule has 1 aromatic heterocycles. The highest BCUT2D eigenvalue weighted by molar-refractivity contribution is 6.31. The molecule has 2 saturated carbocycles. The van der Waals surface area contributed by atoms with Gasteiger partial charge in [0.1, 0.15) is 11.2 Å². The quantitative estimate of drug-likeness (QED) is 0.143. The lowest BCUT2D eigenvalue weighted by Gasteiger charge is -2.47. The van der Waals surface area contributed by atoms with Crippen LogP contribution in [-0.4, -0.2) is 77.4 Å². The van der Waals surface area contributed by atoms with Crippen molar-refractivity contribution in [3.8, 4) is 11.8 Å². The number of carbonyl (C=O) groups is 4. The molecule has 3 atom stereocenters. The molecular weight excluding hydrogens is 852 g/mol. The fourth-order valence-corrected chi connectivity index (χ4v) is 12.4. The van der Waals surface area contributed by atoms with E-state index in [1.165, 1.54) is 6.07 Å². The van der Waals surface area contributed by atoms with Gasteiger partial charge in [-0.25, -0.2) is 9.18 Å². The highest BCUT2D eigenvalue weighted by atomic mass is 35.5. The largest absolute Gasteiger partial charge is 0.352 e. The van der Waals surface area contributed by atoms with Gasteiger partial charge in [0.15, 0.2) is 0 Å². The smallest absolute Gasteiger partial charge is 0.328 e. The number of carbonyl (C=O) groups excluding carboxylic acids is 4. The third-order valence-electron chi connectivity index (χ3n) is 15.1. The minimum absolute atomic E-state index is 0.0220. The Bertz CT molecular complexity index is 2590. The Labute approximate surface area is 382 Å². The van der Waals surface area contributed by atoms with Gasteiger partial charge in [0.2, 0.25) is 17.7 Å². The van der Waals surface area contributed by atoms with Crippen LogP contribution in [0.1, 0.15) is 99.7 Å². The molecule has 0 bridgehead atoms. The molecule has 2 spiro atoms. The van der Waals surface area contributed by atoms with Crippen molar-refractivity contribution in [1.29, 1.82) is 0 Å². The molecule has 4 aliphatic heterocycles. The van der Waals surface area contributed by atoms with Crippen molar-refractivity contribution >= 4 is 69.1 Å². The van der Waals surface area contributed by atoms with Crippen LogP contribution >= 0.6 is 23.2 Å². The molecule has 3 aromatic carbocycles. The summed E-state index contributed by atoms with van der Waals surface area (Å²) in [5, 5.41) is 14.9. The molecule has 5 amide bonds. The molecule has 14 heteroatoms. The fourth-order valence-electron chi connectivity index (χ4n) is 12.1. The number of nitrogens with zero attached hydrogens (tertiary/aromatic N) is 3. The monoisotopic (exact) mass is 903 g/mol. The molecule has 4 aromatic rings. The summed E-state index contributed by atoms with van der Waals surface area (Å²) in [6.45, 7) is 3.32. The topological polar surface area (TPSA) is 136 Å². The lowest BCUT2D eigenvalue weighted by molar-refractivity contribution is -0.125. The highest BCUT2D eigenvalue weighted by Crippen LogP contribution is 2.63. The lowest BCUT2D eigenvalue weighted by Crippen LogP contribution is -2.60. The Kier molecular flexibility index (Phi) is 11.6. The van der Waals surface area contributed by atoms with Crippen molar-refractivity contribution in [3.05, 3.63) is 99.5 Å². The van der Waals surface area contributed by atoms with E-state index in [4.69, 9.17) is 23.2 Å². The van der Waals surface area contributed by atoms with E-state index in [-0.39, 0.29) is 40.8 Å². The number of pyridine rings is 1. The van der Waals surface area contributed by atoms with Crippen molar-refractivity contribution in [3.63, 3.8) is 0 Å². The van der Waals surface area contributed by atoms with Crippen LogP contribution in [0.4, 0.5) is 20.6 Å². The average molecular weight is 905 g/mol. The number of hydrogen-bond acceptors (Lipinski definition) is 7. The van der Waals surface area contributed by atoms with Crippen LogP contribution in [0.2, 0.25) is 10.0 Å². The molecule has 11 nitrogen and oxygen atoms in total. The third kappa shape index (κ3) is 7.62. The standard InChI is InChI=1S/C50H52Cl2FN7O4/c51-34-12-16-38-40(26-34)56-47(63)50(38)43(37-5-4-6-39(52)44(37)53)45(58-49(50)20-2-1-3-21-49)46(62)55-35-13-9-32(10-14-35)29-59-22-17-30(18-23-59)7-8-31-11-15-36-33(25-31)27-54-28-41(36)60-24-19-42(61)57-48(60)64/h4-6,11-12,15-16,25-28,30,32,35,43,45,58H,1-3,9-10,13-14,17-24,29H2,(H,55,62)(H,56,63)(H,57,61,64)/t32-,35-,43-,45+,50+/m0/s1. The van der Waals surface area contributed by atoms with E-state index in [0.29, 0.717) is 47.6 Å². The number of imide groups is 1. The zero-order valence-electron chi connectivity index (χ0n) is 35.7. The van der Waals surface area contributed by atoms with Crippen molar-refractivity contribution in [1.82, 2.24) is 25.8 Å². The van der Waals surface area contributed by atoms with Crippen LogP contribution in [0, 0.1) is 29.5 Å². The maximum atomic E-state index is 16.3. The summed E-state index contributed by atoms with van der Waals surface area (Å²) in [6, 6.07) is 15.0. The number of halogens is 3. The number of rotatable bonds is 6. The first-order valence-electron chi connectivity index (χ1n) is 22.9. The highest BCUT2D eigenvalue weighted by Gasteiger charge is 2.72. The second-order valence-corrected chi connectivity index (χ2v) is 19.6. The van der Waals surface area contributed by atoms with Gasteiger partial charge >= 0.3 is 6.03 Å². The van der Waals surface area contributed by atoms with Crippen molar-refractivity contribution in [2.24, 2.45) is 11.8 Å². The first kappa shape index (κ1) is 42.9. The summed E-state index contributed by atoms with van der Waals surface area (Å²) in [5.41, 5.74) is 1.17. The van der Waals surface area contributed by atoms with E-state index >= 15 is 4.39 Å². The Balaban J connectivity index is 0.773. The van der Waals surface area contributed by atoms with Gasteiger partial charge in [-0.3, -0.25) is 34.9 Å². The van der Waals surface area contributed by atoms with E-state index in [9.17, 15) is 19.2 Å². The number of urea groups is 1. The lowest BCUT2D eigenvalue weighted by atomic mass is 9.55. The maximum Gasteiger partial charge on any atom is 0.328 e. The fraction of sp³-hybridized carbons (Fsp3) is 0.460. The molecule has 2 aliphatic carbocycles. The number of amides is 5. The van der Waals surface area contributed by atoms with Gasteiger partial charge in [0, 0.05) is 76.2 Å². The predicted molar refractivity (Wildman–Crippen MR) is 246 cm³/mol. The molecule has 5 fully saturated rings. The van der Waals surface area contributed by atoms with Crippen LogP contribution < -0.4 is 26.2 Å². The number of fused-ring (bicyclic) bond motifs is 4. The number of benzene rings is 3. The molecule has 6 aliphatic rings. The molecule has 4 N–H and O–H groups in total. The van der Waals surface area contributed by atoms with Crippen LogP contribution in [-0.2, 0) is 19.8 Å². The molecule has 332 valence electrons. The summed E-state index contributed by atoms with van der Waals surface area (Å²) >= 11 is 12.9. The van der Waals surface area contributed by atoms with E-state index in [2.05, 4.69) is 43.0 Å². The minimum Gasteiger partial charge on any atom is -0.352 e. The number of anilines is 2. The second-order valence-electron chi connectivity index (χ2n) is 18.8. The molecule has 3 saturated heterocycles. The van der Waals surface area contributed by atoms with Gasteiger partial charge in [-0.15, -0.1) is 0 Å². The Morgan fingerprint density at radius 1 is 0.906 bits per heavy atom. The molecule has 0 unspecified atom stereocenters. The molecule has 64 heavy (non-hydrogen) atoms. The van der Waals surface area contributed by atoms with Gasteiger partial charge < -0.3 is 15.5 Å². The van der Waals surface area contributed by atoms with Crippen molar-refractivity contribution < 1.29 is 23.6 Å². The summed E-state index contributed by atoms with van der Waals surface area (Å²) in [4.78, 5) is 62.1. The zero-order valence-corrected chi connectivity index (χ0v) is 37.2. The first-order valence-corrected chi connectivity index (χ1v) is 23.6. The van der Waals surface area contributed by atoms with Gasteiger partial charge in [-0.1, -0.05) is 78.6 Å². The van der Waals surface area contributed by atoms with E-state index in [1.807, 2.05) is 24.3 Å². The number of hydrogen-bond donors (Lipinski definition) is 4. The molecule has 10 rings (SSSR count). The maximum absolute atomic E-state index is 16.3. The first-order chi connectivity index (χ1) is 31.0. The third-order valence-corrected chi connectivity index (χ3v) is 15.6. The SMILES string of the molecule is O=C1CCN(c2cncc3cc(C#CC4CCN(C[C@H]5CC[C@H](NC(=O)[C@@H]6NC7(CCCCC7)[C@@]7(C(=O)Nc8cc(Cl)ccc87)[C@H]6c6cccc(Cl)c6F)CC5)CC4)ccc23)C(=O)N1. The summed E-state index contributed by atoms with van der Waals surface area (Å²) in [6.07, 6.45) is 13.6. The molecule has 0 radical (unpaired) electrons. The van der Waals surface area contributed by atoms with E-state index < -0.39 is 34.8 Å². The summed E-state index contributed by atoms with van der Waals surface area (Å²) in [5.74, 6) is 5.58. The van der Waals surface area contributed by atoms with Gasteiger partial charge in [-0.2, -0.15) is 0 Å². The molecular formula is C50H52Cl2FN7O4. The number of nitrogens with one attached hydrogen (secondary N) is 4. The van der Waals surface area contributed by atoms with E-state index in [1.54, 1.807) is 41.6 Å². The number of aromatic nitrogens is 1. The average Bonchev–Trinajstić information content (AvgIpc) is 3.75. The normalized spacial score (nSPS) is 27.0. The summed E-state index contributed by atoms with van der Waals surface area (Å²) < 4.78 is 16.3. The second kappa shape index (κ2) is 17.4. The van der Waals surface area contributed by atoms with Crippen molar-refractivity contribution in [2.45, 2.75) is 106 Å². The Hall–Kier alpha value is -5.06. The van der Waals surface area contributed by atoms with Crippen LogP contribution in [0.3, 0.4) is 0 Å². The minimum atomic E-state index is -1.25. The summed E-state index contributed by atoms with van der Waals surface area (Å²) in [7, 11) is 0. The zero-order chi connectivity index (χ0) is 44.2. The molecule has 5 heterocycles.